The predicted molar refractivity (Wildman–Crippen MR) is 94.3 cm³/mol. The normalized spacial score (nSPS) is 11.5. The van der Waals surface area contributed by atoms with E-state index in [0.717, 1.165) is 5.56 Å². The van der Waals surface area contributed by atoms with Crippen LogP contribution in [0.25, 0.3) is 0 Å². The highest BCUT2D eigenvalue weighted by molar-refractivity contribution is 5.89. The van der Waals surface area contributed by atoms with Gasteiger partial charge in [0.1, 0.15) is 0 Å². The molecule has 0 N–H and O–H groups in total. The Morgan fingerprint density at radius 1 is 0.962 bits per heavy atom. The standard InChI is InChI=1S/C20H17N2O4/c23-20(17-9-11-18(12-10-17)22(24)25)26-19(16-7-3-1-4-8-16)15-21-13-5-2-6-14-21/h1-14,19H,15H2/q+1/t19-/m1/s1. The number of non-ortho nitro benzene ring substituents is 1. The maximum atomic E-state index is 12.5. The van der Waals surface area contributed by atoms with Crippen LogP contribution in [0.5, 0.6) is 0 Å². The van der Waals surface area contributed by atoms with Crippen LogP contribution >= 0.6 is 0 Å². The van der Waals surface area contributed by atoms with Crippen LogP contribution in [-0.2, 0) is 11.3 Å². The van der Waals surface area contributed by atoms with Gasteiger partial charge in [-0.25, -0.2) is 9.36 Å². The van der Waals surface area contributed by atoms with Gasteiger partial charge in [0.25, 0.3) is 5.69 Å². The zero-order valence-corrected chi connectivity index (χ0v) is 13.9. The summed E-state index contributed by atoms with van der Waals surface area (Å²) in [7, 11) is 0. The molecule has 0 fully saturated rings. The average molecular weight is 349 g/mol. The number of ether oxygens (including phenoxy) is 1. The number of rotatable bonds is 6. The molecule has 6 nitrogen and oxygen atoms in total. The first-order valence-corrected chi connectivity index (χ1v) is 8.08. The van der Waals surface area contributed by atoms with Gasteiger partial charge in [-0.2, -0.15) is 0 Å². The molecule has 3 aromatic rings. The smallest absolute Gasteiger partial charge is 0.338 e. The topological polar surface area (TPSA) is 73.3 Å². The molecule has 0 saturated heterocycles. The van der Waals surface area contributed by atoms with Gasteiger partial charge in [-0.05, 0) is 17.7 Å². The second-order valence-corrected chi connectivity index (χ2v) is 5.68. The van der Waals surface area contributed by atoms with Gasteiger partial charge in [0, 0.05) is 24.3 Å². The Labute approximate surface area is 150 Å². The second kappa shape index (κ2) is 8.02. The molecule has 0 bridgehead atoms. The highest BCUT2D eigenvalue weighted by atomic mass is 16.6. The van der Waals surface area contributed by atoms with Crippen molar-refractivity contribution in [2.45, 2.75) is 12.6 Å². The minimum atomic E-state index is -0.523. The van der Waals surface area contributed by atoms with E-state index < -0.39 is 17.0 Å². The summed E-state index contributed by atoms with van der Waals surface area (Å²) in [6.07, 6.45) is 3.32. The number of hydrogen-bond acceptors (Lipinski definition) is 4. The summed E-state index contributed by atoms with van der Waals surface area (Å²) in [5, 5.41) is 10.7. The number of nitro groups is 1. The molecule has 3 rings (SSSR count). The molecule has 26 heavy (non-hydrogen) atoms. The Balaban J connectivity index is 1.80. The Morgan fingerprint density at radius 3 is 2.19 bits per heavy atom. The zero-order valence-electron chi connectivity index (χ0n) is 13.9. The Kier molecular flexibility index (Phi) is 5.34. The van der Waals surface area contributed by atoms with Gasteiger partial charge in [0.05, 0.1) is 10.5 Å². The first-order chi connectivity index (χ1) is 12.6. The van der Waals surface area contributed by atoms with Gasteiger partial charge in [-0.15, -0.1) is 0 Å². The van der Waals surface area contributed by atoms with Crippen LogP contribution in [0.4, 0.5) is 5.69 Å². The molecule has 2 aromatic carbocycles. The average Bonchev–Trinajstić information content (AvgIpc) is 2.69. The molecule has 0 radical (unpaired) electrons. The van der Waals surface area contributed by atoms with Crippen molar-refractivity contribution < 1.29 is 19.0 Å². The molecule has 1 aromatic heterocycles. The SMILES string of the molecule is O=C(O[C@H](C[n+]1ccccc1)c1ccccc1)c1ccc([N+](=O)[O-])cc1. The van der Waals surface area contributed by atoms with Crippen LogP contribution in [-0.4, -0.2) is 10.9 Å². The highest BCUT2D eigenvalue weighted by Gasteiger charge is 2.22. The Hall–Kier alpha value is -3.54. The number of nitrogens with zero attached hydrogens (tertiary/aromatic N) is 2. The monoisotopic (exact) mass is 349 g/mol. The summed E-state index contributed by atoms with van der Waals surface area (Å²) >= 11 is 0. The number of esters is 1. The number of nitro benzene ring substituents is 1. The number of carbonyl (C=O) groups is 1. The quantitative estimate of drug-likeness (QED) is 0.296. The van der Waals surface area contributed by atoms with Gasteiger partial charge in [-0.3, -0.25) is 10.1 Å². The number of hydrogen-bond donors (Lipinski definition) is 0. The Morgan fingerprint density at radius 2 is 1.58 bits per heavy atom. The number of aromatic nitrogens is 1. The van der Waals surface area contributed by atoms with Crippen LogP contribution in [0, 0.1) is 10.1 Å². The summed E-state index contributed by atoms with van der Waals surface area (Å²) in [6.45, 7) is 0.462. The van der Waals surface area contributed by atoms with E-state index in [1.807, 2.05) is 65.5 Å². The number of benzene rings is 2. The van der Waals surface area contributed by atoms with Crippen LogP contribution in [0.3, 0.4) is 0 Å². The lowest BCUT2D eigenvalue weighted by Gasteiger charge is -2.16. The van der Waals surface area contributed by atoms with E-state index in [9.17, 15) is 14.9 Å². The highest BCUT2D eigenvalue weighted by Crippen LogP contribution is 2.20. The van der Waals surface area contributed by atoms with Gasteiger partial charge in [0.2, 0.25) is 0 Å². The summed E-state index contributed by atoms with van der Waals surface area (Å²) in [4.78, 5) is 22.7. The van der Waals surface area contributed by atoms with Crippen molar-refractivity contribution in [2.75, 3.05) is 0 Å². The molecule has 0 aliphatic heterocycles. The van der Waals surface area contributed by atoms with Crippen molar-refractivity contribution >= 4 is 11.7 Å². The van der Waals surface area contributed by atoms with Crippen molar-refractivity contribution in [3.05, 3.63) is 106 Å². The molecule has 0 amide bonds. The van der Waals surface area contributed by atoms with Crippen molar-refractivity contribution in [3.63, 3.8) is 0 Å². The van der Waals surface area contributed by atoms with E-state index in [4.69, 9.17) is 4.74 Å². The summed E-state index contributed by atoms with van der Waals surface area (Å²) in [5.74, 6) is -0.523. The maximum Gasteiger partial charge on any atom is 0.338 e. The fraction of sp³-hybridized carbons (Fsp3) is 0.100. The largest absolute Gasteiger partial charge is 0.447 e. The van der Waals surface area contributed by atoms with Crippen molar-refractivity contribution in [1.82, 2.24) is 0 Å². The fourth-order valence-corrected chi connectivity index (χ4v) is 2.54. The van der Waals surface area contributed by atoms with Gasteiger partial charge in [0.15, 0.2) is 25.0 Å². The third-order valence-electron chi connectivity index (χ3n) is 3.89. The molecular weight excluding hydrogens is 332 g/mol. The lowest BCUT2D eigenvalue weighted by atomic mass is 10.1. The molecule has 0 aliphatic carbocycles. The molecule has 1 atom stereocenters. The summed E-state index contributed by atoms with van der Waals surface area (Å²) in [6, 6.07) is 20.6. The summed E-state index contributed by atoms with van der Waals surface area (Å²) in [5.41, 5.74) is 1.08. The fourth-order valence-electron chi connectivity index (χ4n) is 2.54. The first-order valence-electron chi connectivity index (χ1n) is 8.08. The third-order valence-corrected chi connectivity index (χ3v) is 3.89. The molecule has 6 heteroatoms. The van der Waals surface area contributed by atoms with Crippen LogP contribution in [0.2, 0.25) is 0 Å². The van der Waals surface area contributed by atoms with Crippen molar-refractivity contribution in [1.29, 1.82) is 0 Å². The van der Waals surface area contributed by atoms with E-state index in [1.165, 1.54) is 24.3 Å². The zero-order chi connectivity index (χ0) is 18.4. The van der Waals surface area contributed by atoms with Crippen molar-refractivity contribution in [2.24, 2.45) is 0 Å². The van der Waals surface area contributed by atoms with Crippen molar-refractivity contribution in [3.8, 4) is 0 Å². The molecule has 0 saturated carbocycles. The minimum absolute atomic E-state index is 0.0685. The van der Waals surface area contributed by atoms with Crippen LogP contribution < -0.4 is 4.57 Å². The molecule has 0 spiro atoms. The van der Waals surface area contributed by atoms with Gasteiger partial charge >= 0.3 is 5.97 Å². The van der Waals surface area contributed by atoms with Crippen LogP contribution in [0.1, 0.15) is 22.0 Å². The lowest BCUT2D eigenvalue weighted by molar-refractivity contribution is -0.704. The predicted octanol–water partition coefficient (Wildman–Crippen LogP) is 3.48. The van der Waals surface area contributed by atoms with Gasteiger partial charge in [-0.1, -0.05) is 36.4 Å². The molecule has 0 aliphatic rings. The number of pyridine rings is 1. The molecule has 0 unspecified atom stereocenters. The second-order valence-electron chi connectivity index (χ2n) is 5.68. The van der Waals surface area contributed by atoms with E-state index in [1.54, 1.807) is 0 Å². The first kappa shape index (κ1) is 17.3. The number of carbonyl (C=O) groups excluding carboxylic acids is 1. The van der Waals surface area contributed by atoms with E-state index in [2.05, 4.69) is 0 Å². The molecular formula is C20H17N2O4+. The van der Waals surface area contributed by atoms with E-state index >= 15 is 0 Å². The van der Waals surface area contributed by atoms with Gasteiger partial charge < -0.3 is 4.74 Å². The minimum Gasteiger partial charge on any atom is -0.447 e. The molecule has 1 heterocycles. The Bertz CT molecular complexity index is 881. The third kappa shape index (κ3) is 4.30. The lowest BCUT2D eigenvalue weighted by Crippen LogP contribution is -2.37. The van der Waals surface area contributed by atoms with E-state index in [-0.39, 0.29) is 11.3 Å². The van der Waals surface area contributed by atoms with Crippen LogP contribution in [0.15, 0.2) is 85.2 Å². The maximum absolute atomic E-state index is 12.5. The summed E-state index contributed by atoms with van der Waals surface area (Å²) < 4.78 is 7.63. The van der Waals surface area contributed by atoms with E-state index in [0.29, 0.717) is 6.54 Å². The molecule has 130 valence electrons.